The molecule has 0 spiro atoms. The maximum absolute atomic E-state index is 11.1. The maximum atomic E-state index is 11.1. The third-order valence-electron chi connectivity index (χ3n) is 3.88. The molecular weight excluding hydrogens is 296 g/mol. The van der Waals surface area contributed by atoms with Crippen molar-refractivity contribution in [3.8, 4) is 23.0 Å². The summed E-state index contributed by atoms with van der Waals surface area (Å²) in [4.78, 5) is 20.0. The Labute approximate surface area is 131 Å². The van der Waals surface area contributed by atoms with E-state index < -0.39 is 0 Å². The van der Waals surface area contributed by atoms with Gasteiger partial charge in [-0.05, 0) is 37.1 Å². The molecule has 0 aromatic carbocycles. The third kappa shape index (κ3) is 2.42. The molecule has 23 heavy (non-hydrogen) atoms. The van der Waals surface area contributed by atoms with Gasteiger partial charge in [-0.25, -0.2) is 5.10 Å². The first kappa shape index (κ1) is 13.8. The van der Waals surface area contributed by atoms with Crippen molar-refractivity contribution in [2.24, 2.45) is 0 Å². The Hall–Kier alpha value is -2.87. The summed E-state index contributed by atoms with van der Waals surface area (Å²) in [5, 5.41) is 13.7. The van der Waals surface area contributed by atoms with Crippen molar-refractivity contribution >= 4 is 0 Å². The van der Waals surface area contributed by atoms with Gasteiger partial charge < -0.3 is 9.84 Å². The SMILES string of the molecule is Cc1ncc2c(c1-c1noc(-c3ccc(=O)[nH]n3)n1)CCNC2. The number of rotatable bonds is 2. The van der Waals surface area contributed by atoms with Crippen LogP contribution in [0.25, 0.3) is 23.0 Å². The number of aromatic amines is 1. The number of nitrogens with zero attached hydrogens (tertiary/aromatic N) is 4. The zero-order valence-electron chi connectivity index (χ0n) is 12.5. The minimum Gasteiger partial charge on any atom is -0.332 e. The van der Waals surface area contributed by atoms with Gasteiger partial charge in [0, 0.05) is 30.1 Å². The highest BCUT2D eigenvalue weighted by atomic mass is 16.5. The molecule has 4 rings (SSSR count). The van der Waals surface area contributed by atoms with Crippen molar-refractivity contribution in [3.63, 3.8) is 0 Å². The molecule has 8 heteroatoms. The topological polar surface area (TPSA) is 110 Å². The zero-order valence-corrected chi connectivity index (χ0v) is 12.5. The molecule has 4 heterocycles. The first-order valence-corrected chi connectivity index (χ1v) is 7.30. The van der Waals surface area contributed by atoms with Crippen molar-refractivity contribution in [1.29, 1.82) is 0 Å². The fraction of sp³-hybridized carbons (Fsp3) is 0.267. The summed E-state index contributed by atoms with van der Waals surface area (Å²) in [5.74, 6) is 0.763. The minimum atomic E-state index is -0.279. The monoisotopic (exact) mass is 310 g/mol. The van der Waals surface area contributed by atoms with Gasteiger partial charge in [0.25, 0.3) is 11.4 Å². The molecule has 3 aromatic rings. The average molecular weight is 310 g/mol. The summed E-state index contributed by atoms with van der Waals surface area (Å²) < 4.78 is 5.30. The van der Waals surface area contributed by atoms with Crippen molar-refractivity contribution < 1.29 is 4.52 Å². The van der Waals surface area contributed by atoms with Gasteiger partial charge in [0.05, 0.1) is 0 Å². The van der Waals surface area contributed by atoms with E-state index in [1.807, 2.05) is 13.1 Å². The predicted octanol–water partition coefficient (Wildman–Crippen LogP) is 0.836. The van der Waals surface area contributed by atoms with E-state index >= 15 is 0 Å². The Bertz CT molecular complexity index is 909. The van der Waals surface area contributed by atoms with Gasteiger partial charge in [0.15, 0.2) is 0 Å². The van der Waals surface area contributed by atoms with Crippen LogP contribution in [0.1, 0.15) is 16.8 Å². The molecule has 0 saturated heterocycles. The number of pyridine rings is 1. The lowest BCUT2D eigenvalue weighted by molar-refractivity contribution is 0.430. The molecule has 0 atom stereocenters. The molecular formula is C15H14N6O2. The minimum absolute atomic E-state index is 0.266. The van der Waals surface area contributed by atoms with Crippen LogP contribution in [0.4, 0.5) is 0 Å². The van der Waals surface area contributed by atoms with Crippen molar-refractivity contribution in [2.45, 2.75) is 19.9 Å². The van der Waals surface area contributed by atoms with Crippen molar-refractivity contribution in [1.82, 2.24) is 30.6 Å². The normalized spacial score (nSPS) is 13.8. The summed E-state index contributed by atoms with van der Waals surface area (Å²) in [6, 6.07) is 2.92. The molecule has 0 unspecified atom stereocenters. The van der Waals surface area contributed by atoms with Crippen LogP contribution < -0.4 is 10.9 Å². The highest BCUT2D eigenvalue weighted by molar-refractivity contribution is 5.66. The maximum Gasteiger partial charge on any atom is 0.278 e. The number of H-pyrrole nitrogens is 1. The lowest BCUT2D eigenvalue weighted by atomic mass is 9.95. The number of hydrogen-bond donors (Lipinski definition) is 2. The van der Waals surface area contributed by atoms with E-state index in [-0.39, 0.29) is 11.4 Å². The number of fused-ring (bicyclic) bond motifs is 1. The van der Waals surface area contributed by atoms with E-state index in [2.05, 4.69) is 30.6 Å². The lowest BCUT2D eigenvalue weighted by Gasteiger charge is -2.19. The molecule has 1 aliphatic heterocycles. The second-order valence-electron chi connectivity index (χ2n) is 5.38. The Morgan fingerprint density at radius 2 is 2.22 bits per heavy atom. The molecule has 2 N–H and O–H groups in total. The Morgan fingerprint density at radius 3 is 3.04 bits per heavy atom. The Morgan fingerprint density at radius 1 is 1.30 bits per heavy atom. The number of aryl methyl sites for hydroxylation is 1. The number of aromatic nitrogens is 5. The Kier molecular flexibility index (Phi) is 3.23. The van der Waals surface area contributed by atoms with Gasteiger partial charge in [-0.3, -0.25) is 9.78 Å². The second-order valence-corrected chi connectivity index (χ2v) is 5.38. The van der Waals surface area contributed by atoms with Crippen LogP contribution >= 0.6 is 0 Å². The smallest absolute Gasteiger partial charge is 0.278 e. The third-order valence-corrected chi connectivity index (χ3v) is 3.88. The van der Waals surface area contributed by atoms with Crippen LogP contribution in [0.5, 0.6) is 0 Å². The summed E-state index contributed by atoms with van der Waals surface area (Å²) >= 11 is 0. The molecule has 0 bridgehead atoms. The van der Waals surface area contributed by atoms with Gasteiger partial charge in [0.2, 0.25) is 5.82 Å². The highest BCUT2D eigenvalue weighted by Crippen LogP contribution is 2.29. The molecule has 0 saturated carbocycles. The first-order chi connectivity index (χ1) is 11.2. The van der Waals surface area contributed by atoms with E-state index in [4.69, 9.17) is 4.52 Å². The fourth-order valence-electron chi connectivity index (χ4n) is 2.76. The van der Waals surface area contributed by atoms with Gasteiger partial charge in [-0.15, -0.1) is 0 Å². The summed E-state index contributed by atoms with van der Waals surface area (Å²) in [6.07, 6.45) is 2.79. The van der Waals surface area contributed by atoms with Gasteiger partial charge in [-0.2, -0.15) is 10.1 Å². The zero-order chi connectivity index (χ0) is 15.8. The summed E-state index contributed by atoms with van der Waals surface area (Å²) in [6.45, 7) is 3.64. The number of nitrogens with one attached hydrogen (secondary N) is 2. The largest absolute Gasteiger partial charge is 0.332 e. The van der Waals surface area contributed by atoms with Gasteiger partial charge in [0.1, 0.15) is 5.69 Å². The van der Waals surface area contributed by atoms with Crippen LogP contribution in [-0.2, 0) is 13.0 Å². The van der Waals surface area contributed by atoms with Crippen molar-refractivity contribution in [2.75, 3.05) is 6.54 Å². The van der Waals surface area contributed by atoms with Gasteiger partial charge in [-0.1, -0.05) is 5.16 Å². The molecule has 0 radical (unpaired) electrons. The highest BCUT2D eigenvalue weighted by Gasteiger charge is 2.21. The molecule has 8 nitrogen and oxygen atoms in total. The molecule has 0 aliphatic carbocycles. The van der Waals surface area contributed by atoms with Crippen LogP contribution in [0.2, 0.25) is 0 Å². The molecule has 1 aliphatic rings. The van der Waals surface area contributed by atoms with E-state index in [9.17, 15) is 4.79 Å². The van der Waals surface area contributed by atoms with Crippen LogP contribution in [0.15, 0.2) is 27.6 Å². The van der Waals surface area contributed by atoms with E-state index in [0.717, 1.165) is 36.3 Å². The predicted molar refractivity (Wildman–Crippen MR) is 81.5 cm³/mol. The lowest BCUT2D eigenvalue weighted by Crippen LogP contribution is -2.24. The average Bonchev–Trinajstić information content (AvgIpc) is 3.05. The summed E-state index contributed by atoms with van der Waals surface area (Å²) in [7, 11) is 0. The van der Waals surface area contributed by atoms with Crippen LogP contribution in [0, 0.1) is 6.92 Å². The van der Waals surface area contributed by atoms with E-state index in [1.54, 1.807) is 6.07 Å². The quantitative estimate of drug-likeness (QED) is 0.721. The Balaban J connectivity index is 1.80. The molecule has 0 fully saturated rings. The fourth-order valence-corrected chi connectivity index (χ4v) is 2.76. The van der Waals surface area contributed by atoms with Crippen molar-refractivity contribution in [3.05, 3.63) is 45.5 Å². The molecule has 0 amide bonds. The van der Waals surface area contributed by atoms with E-state index in [1.165, 1.54) is 11.6 Å². The first-order valence-electron chi connectivity index (χ1n) is 7.30. The molecule has 3 aromatic heterocycles. The van der Waals surface area contributed by atoms with Crippen LogP contribution in [0.3, 0.4) is 0 Å². The standard InChI is InChI=1S/C15H14N6O2/c1-8-13(10-4-5-16-6-9(10)7-17-8)14-18-15(23-21-14)11-2-3-12(22)20-19-11/h2-3,7,16H,4-6H2,1H3,(H,20,22). The van der Waals surface area contributed by atoms with E-state index in [0.29, 0.717) is 11.5 Å². The molecule has 116 valence electrons. The summed E-state index contributed by atoms with van der Waals surface area (Å²) in [5.41, 5.74) is 4.30. The second kappa shape index (κ2) is 5.40. The number of hydrogen-bond acceptors (Lipinski definition) is 7. The van der Waals surface area contributed by atoms with Crippen LogP contribution in [-0.4, -0.2) is 31.9 Å². The van der Waals surface area contributed by atoms with Gasteiger partial charge >= 0.3 is 0 Å².